The van der Waals surface area contributed by atoms with Crippen LogP contribution in [0, 0.1) is 0 Å². The summed E-state index contributed by atoms with van der Waals surface area (Å²) in [5.74, 6) is 0. The van der Waals surface area contributed by atoms with Crippen molar-refractivity contribution < 1.29 is 4.74 Å². The summed E-state index contributed by atoms with van der Waals surface area (Å²) in [6.07, 6.45) is 0. The molecule has 0 fully saturated rings. The second kappa shape index (κ2) is 5.35. The first kappa shape index (κ1) is 13.0. The van der Waals surface area contributed by atoms with Gasteiger partial charge < -0.3 is 9.64 Å². The Morgan fingerprint density at radius 2 is 1.69 bits per heavy atom. The molecule has 0 saturated heterocycles. The van der Waals surface area contributed by atoms with E-state index in [0.29, 0.717) is 0 Å². The van der Waals surface area contributed by atoms with Gasteiger partial charge in [0.05, 0.1) is 6.61 Å². The first-order valence-electron chi connectivity index (χ1n) is 5.76. The smallest absolute Gasteiger partial charge is 0.0637 e. The maximum absolute atomic E-state index is 5.07. The fourth-order valence-electron chi connectivity index (χ4n) is 1.57. The molecule has 0 unspecified atom stereocenters. The second-order valence-electron chi connectivity index (χ2n) is 5.21. The predicted molar refractivity (Wildman–Crippen MR) is 70.3 cm³/mol. The minimum absolute atomic E-state index is 0.226. The Balaban J connectivity index is 2.71. The van der Waals surface area contributed by atoms with E-state index in [1.54, 1.807) is 7.11 Å². The van der Waals surface area contributed by atoms with Gasteiger partial charge in [-0.15, -0.1) is 0 Å². The van der Waals surface area contributed by atoms with E-state index in [9.17, 15) is 0 Å². The topological polar surface area (TPSA) is 12.5 Å². The number of anilines is 1. The van der Waals surface area contributed by atoms with Crippen LogP contribution in [0.2, 0.25) is 0 Å². The average Bonchev–Trinajstić information content (AvgIpc) is 2.25. The molecule has 0 bridgehead atoms. The van der Waals surface area contributed by atoms with Crippen molar-refractivity contribution >= 4 is 5.69 Å². The summed E-state index contributed by atoms with van der Waals surface area (Å²) in [6, 6.07) is 8.77. The zero-order valence-electron chi connectivity index (χ0n) is 11.1. The van der Waals surface area contributed by atoms with Gasteiger partial charge in [0.15, 0.2) is 0 Å². The summed E-state index contributed by atoms with van der Waals surface area (Å²) < 4.78 is 5.07. The van der Waals surface area contributed by atoms with E-state index < -0.39 is 0 Å². The highest BCUT2D eigenvalue weighted by Gasteiger charge is 2.13. The van der Waals surface area contributed by atoms with E-state index in [2.05, 4.69) is 57.0 Å². The third-order valence-electron chi connectivity index (χ3n) is 2.80. The van der Waals surface area contributed by atoms with Crippen molar-refractivity contribution in [2.75, 3.05) is 32.2 Å². The lowest BCUT2D eigenvalue weighted by atomic mass is 9.87. The molecule has 0 radical (unpaired) electrons. The van der Waals surface area contributed by atoms with Crippen molar-refractivity contribution in [2.45, 2.75) is 26.2 Å². The summed E-state index contributed by atoms with van der Waals surface area (Å²) in [5, 5.41) is 0. The van der Waals surface area contributed by atoms with Crippen molar-refractivity contribution in [2.24, 2.45) is 0 Å². The molecule has 1 aromatic rings. The Bertz CT molecular complexity index is 311. The highest BCUT2D eigenvalue weighted by Crippen LogP contribution is 2.24. The molecular weight excluding hydrogens is 198 g/mol. The van der Waals surface area contributed by atoms with Crippen LogP contribution in [0.4, 0.5) is 5.69 Å². The molecule has 0 heterocycles. The number of ether oxygens (including phenoxy) is 1. The minimum Gasteiger partial charge on any atom is -0.383 e. The van der Waals surface area contributed by atoms with Gasteiger partial charge in [-0.05, 0) is 23.1 Å². The Hall–Kier alpha value is -1.02. The van der Waals surface area contributed by atoms with Gasteiger partial charge in [0, 0.05) is 26.4 Å². The summed E-state index contributed by atoms with van der Waals surface area (Å²) in [4.78, 5) is 2.20. The van der Waals surface area contributed by atoms with Gasteiger partial charge in [-0.1, -0.05) is 32.9 Å². The summed E-state index contributed by atoms with van der Waals surface area (Å²) >= 11 is 0. The maximum Gasteiger partial charge on any atom is 0.0637 e. The fourth-order valence-corrected chi connectivity index (χ4v) is 1.57. The van der Waals surface area contributed by atoms with E-state index in [0.717, 1.165) is 13.2 Å². The minimum atomic E-state index is 0.226. The molecule has 90 valence electrons. The van der Waals surface area contributed by atoms with Crippen LogP contribution in [-0.2, 0) is 10.2 Å². The van der Waals surface area contributed by atoms with Crippen LogP contribution in [0.25, 0.3) is 0 Å². The summed E-state index contributed by atoms with van der Waals surface area (Å²) in [7, 11) is 3.82. The number of likely N-dealkylation sites (N-methyl/N-ethyl adjacent to an activating group) is 1. The number of rotatable bonds is 4. The fraction of sp³-hybridized carbons (Fsp3) is 0.571. The molecule has 0 aliphatic carbocycles. The Labute approximate surface area is 99.2 Å². The van der Waals surface area contributed by atoms with Crippen molar-refractivity contribution in [3.05, 3.63) is 29.8 Å². The number of methoxy groups -OCH3 is 1. The summed E-state index contributed by atoms with van der Waals surface area (Å²) in [5.41, 5.74) is 2.84. The largest absolute Gasteiger partial charge is 0.383 e. The van der Waals surface area contributed by atoms with Gasteiger partial charge in [-0.25, -0.2) is 0 Å². The van der Waals surface area contributed by atoms with E-state index >= 15 is 0 Å². The second-order valence-corrected chi connectivity index (χ2v) is 5.21. The van der Waals surface area contributed by atoms with E-state index in [1.165, 1.54) is 11.3 Å². The molecule has 2 heteroatoms. The van der Waals surface area contributed by atoms with Gasteiger partial charge in [0.25, 0.3) is 0 Å². The number of hydrogen-bond donors (Lipinski definition) is 0. The molecule has 0 N–H and O–H groups in total. The lowest BCUT2D eigenvalue weighted by molar-refractivity contribution is 0.206. The highest BCUT2D eigenvalue weighted by atomic mass is 16.5. The Morgan fingerprint density at radius 1 is 1.12 bits per heavy atom. The molecule has 0 aliphatic rings. The number of benzene rings is 1. The Morgan fingerprint density at radius 3 is 2.12 bits per heavy atom. The quantitative estimate of drug-likeness (QED) is 0.774. The van der Waals surface area contributed by atoms with Crippen LogP contribution < -0.4 is 4.90 Å². The lowest BCUT2D eigenvalue weighted by Gasteiger charge is -2.22. The van der Waals surface area contributed by atoms with Gasteiger partial charge in [-0.2, -0.15) is 0 Å². The van der Waals surface area contributed by atoms with Gasteiger partial charge in [-0.3, -0.25) is 0 Å². The van der Waals surface area contributed by atoms with Crippen LogP contribution in [-0.4, -0.2) is 27.3 Å². The third-order valence-corrected chi connectivity index (χ3v) is 2.80. The molecule has 1 aromatic carbocycles. The van der Waals surface area contributed by atoms with Crippen LogP contribution in [0.5, 0.6) is 0 Å². The third kappa shape index (κ3) is 3.53. The number of nitrogens with zero attached hydrogens (tertiary/aromatic N) is 1. The van der Waals surface area contributed by atoms with Crippen molar-refractivity contribution in [1.82, 2.24) is 0 Å². The summed E-state index contributed by atoms with van der Waals surface area (Å²) in [6.45, 7) is 8.38. The van der Waals surface area contributed by atoms with Crippen LogP contribution in [0.1, 0.15) is 26.3 Å². The van der Waals surface area contributed by atoms with E-state index in [1.807, 2.05) is 0 Å². The zero-order chi connectivity index (χ0) is 12.2. The van der Waals surface area contributed by atoms with Crippen molar-refractivity contribution in [3.8, 4) is 0 Å². The number of hydrogen-bond acceptors (Lipinski definition) is 2. The lowest BCUT2D eigenvalue weighted by Crippen LogP contribution is -2.22. The molecule has 0 amide bonds. The normalized spacial score (nSPS) is 11.6. The standard InChI is InChI=1S/C14H23NO/c1-14(2,3)12-6-8-13(9-7-12)15(4)10-11-16-5/h6-9H,10-11H2,1-5H3. The molecule has 0 saturated carbocycles. The maximum atomic E-state index is 5.07. The van der Waals surface area contributed by atoms with Crippen LogP contribution >= 0.6 is 0 Å². The zero-order valence-corrected chi connectivity index (χ0v) is 11.1. The molecule has 16 heavy (non-hydrogen) atoms. The van der Waals surface area contributed by atoms with E-state index in [-0.39, 0.29) is 5.41 Å². The van der Waals surface area contributed by atoms with Crippen LogP contribution in [0.3, 0.4) is 0 Å². The molecule has 1 rings (SSSR count). The highest BCUT2D eigenvalue weighted by molar-refractivity contribution is 5.47. The van der Waals surface area contributed by atoms with Gasteiger partial charge in [0.1, 0.15) is 0 Å². The predicted octanol–water partition coefficient (Wildman–Crippen LogP) is 3.07. The first-order valence-corrected chi connectivity index (χ1v) is 5.76. The molecule has 0 aliphatic heterocycles. The van der Waals surface area contributed by atoms with Gasteiger partial charge in [0.2, 0.25) is 0 Å². The average molecular weight is 221 g/mol. The monoisotopic (exact) mass is 221 g/mol. The van der Waals surface area contributed by atoms with Gasteiger partial charge >= 0.3 is 0 Å². The molecule has 2 nitrogen and oxygen atoms in total. The molecule has 0 spiro atoms. The van der Waals surface area contributed by atoms with Crippen molar-refractivity contribution in [3.63, 3.8) is 0 Å². The molecular formula is C14H23NO. The SMILES string of the molecule is COCCN(C)c1ccc(C(C)(C)C)cc1. The van der Waals surface area contributed by atoms with Crippen LogP contribution in [0.15, 0.2) is 24.3 Å². The van der Waals surface area contributed by atoms with Crippen molar-refractivity contribution in [1.29, 1.82) is 0 Å². The molecule has 0 aromatic heterocycles. The first-order chi connectivity index (χ1) is 7.45. The Kier molecular flexibility index (Phi) is 4.36. The van der Waals surface area contributed by atoms with E-state index in [4.69, 9.17) is 4.74 Å². The molecule has 0 atom stereocenters.